The molecule has 3 heterocycles. The monoisotopic (exact) mass is 328 g/mol. The summed E-state index contributed by atoms with van der Waals surface area (Å²) in [5.74, 6) is 0.155. The molecule has 2 N–H and O–H groups in total. The van der Waals surface area contributed by atoms with Gasteiger partial charge in [-0.05, 0) is 31.5 Å². The highest BCUT2D eigenvalue weighted by molar-refractivity contribution is 5.26. The van der Waals surface area contributed by atoms with E-state index < -0.39 is 12.6 Å². The first-order valence-electron chi connectivity index (χ1n) is 7.12. The lowest BCUT2D eigenvalue weighted by Crippen LogP contribution is -2.24. The largest absolute Gasteiger partial charge is 0.396 e. The van der Waals surface area contributed by atoms with Crippen LogP contribution in [0.4, 0.5) is 19.0 Å². The van der Waals surface area contributed by atoms with Crippen LogP contribution < -0.4 is 5.73 Å². The molecule has 0 radical (unpaired) electrons. The Kier molecular flexibility index (Phi) is 4.16. The molecule has 1 saturated heterocycles. The maximum atomic E-state index is 12.3. The zero-order chi connectivity index (χ0) is 16.4. The van der Waals surface area contributed by atoms with Crippen molar-refractivity contribution >= 4 is 5.82 Å². The van der Waals surface area contributed by atoms with Gasteiger partial charge in [-0.3, -0.25) is 4.90 Å². The lowest BCUT2D eigenvalue weighted by atomic mass is 10.1. The molecular weight excluding hydrogens is 313 g/mol. The summed E-state index contributed by atoms with van der Waals surface area (Å²) in [6.07, 6.45) is -3.72. The molecule has 1 atom stereocenters. The number of aromatic nitrogens is 4. The normalized spacial score (nSPS) is 19.3. The van der Waals surface area contributed by atoms with Gasteiger partial charge in [0.05, 0.1) is 18.3 Å². The van der Waals surface area contributed by atoms with Crippen molar-refractivity contribution in [2.24, 2.45) is 0 Å². The fourth-order valence-corrected chi connectivity index (χ4v) is 2.66. The van der Waals surface area contributed by atoms with Crippen LogP contribution in [0.5, 0.6) is 0 Å². The Morgan fingerprint density at radius 1 is 1.30 bits per heavy atom. The van der Waals surface area contributed by atoms with E-state index >= 15 is 0 Å². The second-order valence-electron chi connectivity index (χ2n) is 5.41. The first-order valence-corrected chi connectivity index (χ1v) is 7.12. The van der Waals surface area contributed by atoms with Crippen LogP contribution in [0.25, 0.3) is 0 Å². The molecule has 23 heavy (non-hydrogen) atoms. The van der Waals surface area contributed by atoms with E-state index in [1.807, 2.05) is 4.90 Å². The molecular formula is C13H15F3N6O. The maximum Gasteiger partial charge on any atom is 0.396 e. The molecule has 10 heteroatoms. The number of nitrogens with two attached hydrogens (primary N) is 1. The number of hydrogen-bond donors (Lipinski definition) is 1. The molecule has 124 valence electrons. The van der Waals surface area contributed by atoms with Crippen LogP contribution in [0.2, 0.25) is 0 Å². The molecule has 1 aliphatic heterocycles. The van der Waals surface area contributed by atoms with Gasteiger partial charge in [0, 0.05) is 0 Å². The highest BCUT2D eigenvalue weighted by Gasteiger charge is 2.32. The van der Waals surface area contributed by atoms with Crippen molar-refractivity contribution in [3.05, 3.63) is 29.5 Å². The second kappa shape index (κ2) is 6.11. The molecule has 0 amide bonds. The summed E-state index contributed by atoms with van der Waals surface area (Å²) >= 11 is 0. The topological polar surface area (TPSA) is 94.0 Å². The molecule has 1 unspecified atom stereocenters. The van der Waals surface area contributed by atoms with E-state index in [0.29, 0.717) is 5.82 Å². The van der Waals surface area contributed by atoms with Gasteiger partial charge < -0.3 is 10.3 Å². The quantitative estimate of drug-likeness (QED) is 0.915. The van der Waals surface area contributed by atoms with E-state index in [9.17, 15) is 13.2 Å². The number of nitrogen functional groups attached to an aromatic ring is 1. The van der Waals surface area contributed by atoms with Crippen molar-refractivity contribution in [2.45, 2.75) is 38.0 Å². The first kappa shape index (κ1) is 15.7. The zero-order valence-corrected chi connectivity index (χ0v) is 12.1. The van der Waals surface area contributed by atoms with Gasteiger partial charge in [0.25, 0.3) is 0 Å². The predicted molar refractivity (Wildman–Crippen MR) is 72.9 cm³/mol. The second-order valence-corrected chi connectivity index (χ2v) is 5.41. The minimum Gasteiger partial charge on any atom is -0.382 e. The fourth-order valence-electron chi connectivity index (χ4n) is 2.66. The van der Waals surface area contributed by atoms with Crippen LogP contribution >= 0.6 is 0 Å². The summed E-state index contributed by atoms with van der Waals surface area (Å²) in [5.41, 5.74) is 6.29. The summed E-state index contributed by atoms with van der Waals surface area (Å²) in [5, 5.41) is 11.3. The molecule has 0 aliphatic carbocycles. The molecule has 0 spiro atoms. The fraction of sp³-hybridized carbons (Fsp3) is 0.538. The Hall–Kier alpha value is -2.23. The predicted octanol–water partition coefficient (Wildman–Crippen LogP) is 1.88. The minimum absolute atomic E-state index is 0.0149. The van der Waals surface area contributed by atoms with Crippen LogP contribution in [0.3, 0.4) is 0 Å². The Bertz CT molecular complexity index is 656. The average Bonchev–Trinajstić information content (AvgIpc) is 3.08. The third kappa shape index (κ3) is 3.95. The number of nitrogens with zero attached hydrogens (tertiary/aromatic N) is 5. The summed E-state index contributed by atoms with van der Waals surface area (Å²) in [6, 6.07) is 3.49. The highest BCUT2D eigenvalue weighted by atomic mass is 19.4. The van der Waals surface area contributed by atoms with Crippen molar-refractivity contribution in [3.8, 4) is 0 Å². The van der Waals surface area contributed by atoms with Gasteiger partial charge >= 0.3 is 6.18 Å². The van der Waals surface area contributed by atoms with Gasteiger partial charge in [-0.1, -0.05) is 5.16 Å². The SMILES string of the molecule is Nc1ccc(C2CCCN2Cc2nc(CC(F)(F)F)no2)nn1. The number of halogens is 3. The van der Waals surface area contributed by atoms with E-state index in [1.165, 1.54) is 0 Å². The van der Waals surface area contributed by atoms with Crippen LogP contribution in [0.1, 0.15) is 36.3 Å². The van der Waals surface area contributed by atoms with E-state index in [2.05, 4.69) is 20.3 Å². The highest BCUT2D eigenvalue weighted by Crippen LogP contribution is 2.31. The van der Waals surface area contributed by atoms with Gasteiger partial charge in [-0.25, -0.2) is 0 Å². The van der Waals surface area contributed by atoms with E-state index in [0.717, 1.165) is 25.1 Å². The number of hydrogen-bond acceptors (Lipinski definition) is 7. The van der Waals surface area contributed by atoms with Crippen molar-refractivity contribution in [2.75, 3.05) is 12.3 Å². The number of alkyl halides is 3. The van der Waals surface area contributed by atoms with Crippen LogP contribution in [0, 0.1) is 0 Å². The average molecular weight is 328 g/mol. The third-order valence-corrected chi connectivity index (χ3v) is 3.62. The zero-order valence-electron chi connectivity index (χ0n) is 12.1. The Morgan fingerprint density at radius 3 is 2.83 bits per heavy atom. The molecule has 1 fully saturated rings. The molecule has 0 saturated carbocycles. The van der Waals surface area contributed by atoms with Crippen molar-refractivity contribution in [3.63, 3.8) is 0 Å². The summed E-state index contributed by atoms with van der Waals surface area (Å²) < 4.78 is 41.9. The molecule has 3 rings (SSSR count). The summed E-state index contributed by atoms with van der Waals surface area (Å²) in [7, 11) is 0. The van der Waals surface area contributed by atoms with E-state index in [4.69, 9.17) is 10.3 Å². The lowest BCUT2D eigenvalue weighted by Gasteiger charge is -2.21. The molecule has 2 aromatic heterocycles. The number of rotatable bonds is 4. The maximum absolute atomic E-state index is 12.3. The van der Waals surface area contributed by atoms with Crippen molar-refractivity contribution in [1.29, 1.82) is 0 Å². The van der Waals surface area contributed by atoms with Gasteiger partial charge in [0.15, 0.2) is 5.82 Å². The van der Waals surface area contributed by atoms with Crippen molar-refractivity contribution in [1.82, 2.24) is 25.2 Å². The smallest absolute Gasteiger partial charge is 0.382 e. The standard InChI is InChI=1S/C13H15F3N6O/c14-13(15,16)6-11-18-12(23-21-11)7-22-5-1-2-9(22)8-3-4-10(17)20-19-8/h3-4,9H,1-2,5-7H2,(H2,17,20). The lowest BCUT2D eigenvalue weighted by molar-refractivity contribution is -0.128. The Morgan fingerprint density at radius 2 is 2.13 bits per heavy atom. The van der Waals surface area contributed by atoms with Gasteiger partial charge in [-0.2, -0.15) is 23.3 Å². The number of likely N-dealkylation sites (tertiary alicyclic amines) is 1. The first-order chi connectivity index (χ1) is 10.9. The Labute approximate surface area is 129 Å². The van der Waals surface area contributed by atoms with Gasteiger partial charge in [0.2, 0.25) is 5.89 Å². The van der Waals surface area contributed by atoms with Crippen LogP contribution in [0.15, 0.2) is 16.7 Å². The Balaban J connectivity index is 1.68. The minimum atomic E-state index is -4.35. The van der Waals surface area contributed by atoms with E-state index in [-0.39, 0.29) is 24.3 Å². The third-order valence-electron chi connectivity index (χ3n) is 3.62. The summed E-state index contributed by atoms with van der Waals surface area (Å²) in [6.45, 7) is 1.05. The molecule has 0 bridgehead atoms. The molecule has 2 aromatic rings. The summed E-state index contributed by atoms with van der Waals surface area (Å²) in [4.78, 5) is 5.84. The van der Waals surface area contributed by atoms with Crippen LogP contribution in [-0.4, -0.2) is 38.0 Å². The molecule has 1 aliphatic rings. The molecule has 7 nitrogen and oxygen atoms in total. The van der Waals surface area contributed by atoms with Crippen molar-refractivity contribution < 1.29 is 17.7 Å². The number of anilines is 1. The van der Waals surface area contributed by atoms with Crippen LogP contribution in [-0.2, 0) is 13.0 Å². The molecule has 0 aromatic carbocycles. The van der Waals surface area contributed by atoms with Gasteiger partial charge in [-0.15, -0.1) is 5.10 Å². The van der Waals surface area contributed by atoms with Gasteiger partial charge in [0.1, 0.15) is 12.2 Å². The van der Waals surface area contributed by atoms with E-state index in [1.54, 1.807) is 12.1 Å².